The first-order valence-corrected chi connectivity index (χ1v) is 6.36. The molecule has 1 aromatic carbocycles. The van der Waals surface area contributed by atoms with Crippen LogP contribution in [-0.4, -0.2) is 19.8 Å². The molecule has 0 spiro atoms. The highest BCUT2D eigenvalue weighted by Gasteiger charge is 2.31. The third kappa shape index (κ3) is 6.16. The molecular weight excluding hydrogens is 279 g/mol. The van der Waals surface area contributed by atoms with Crippen LogP contribution >= 0.6 is 11.6 Å². The van der Waals surface area contributed by atoms with Gasteiger partial charge in [-0.05, 0) is 24.1 Å². The molecule has 1 rings (SSSR count). The minimum atomic E-state index is -4.39. The zero-order valence-electron chi connectivity index (χ0n) is 10.9. The Morgan fingerprint density at radius 3 is 2.53 bits per heavy atom. The molecule has 0 fully saturated rings. The molecule has 0 bridgehead atoms. The molecule has 0 atom stereocenters. The van der Waals surface area contributed by atoms with Gasteiger partial charge in [0.25, 0.3) is 0 Å². The van der Waals surface area contributed by atoms with E-state index in [-0.39, 0.29) is 5.02 Å². The standard InChI is InChI=1S/C13H17ClF3NO/c1-9(2)8-19-4-3-18-12-6-10(13(15,16)17)5-11(14)7-12/h5-7,9,18H,3-4,8H2,1-2H3. The van der Waals surface area contributed by atoms with Crippen LogP contribution in [0.4, 0.5) is 18.9 Å². The van der Waals surface area contributed by atoms with Crippen molar-refractivity contribution < 1.29 is 17.9 Å². The highest BCUT2D eigenvalue weighted by molar-refractivity contribution is 6.30. The van der Waals surface area contributed by atoms with Gasteiger partial charge in [-0.1, -0.05) is 25.4 Å². The van der Waals surface area contributed by atoms with Crippen molar-refractivity contribution in [2.24, 2.45) is 5.92 Å². The number of rotatable bonds is 6. The van der Waals surface area contributed by atoms with Crippen molar-refractivity contribution in [2.45, 2.75) is 20.0 Å². The Morgan fingerprint density at radius 2 is 1.95 bits per heavy atom. The van der Waals surface area contributed by atoms with Crippen LogP contribution in [0.2, 0.25) is 5.02 Å². The zero-order valence-corrected chi connectivity index (χ0v) is 11.6. The molecule has 1 N–H and O–H groups in total. The van der Waals surface area contributed by atoms with E-state index in [1.807, 2.05) is 13.8 Å². The summed E-state index contributed by atoms with van der Waals surface area (Å²) in [6, 6.07) is 3.40. The molecule has 6 heteroatoms. The number of nitrogens with one attached hydrogen (secondary N) is 1. The van der Waals surface area contributed by atoms with E-state index in [1.54, 1.807) is 0 Å². The molecule has 0 amide bonds. The maximum atomic E-state index is 12.6. The number of hydrogen-bond acceptors (Lipinski definition) is 2. The van der Waals surface area contributed by atoms with E-state index < -0.39 is 11.7 Å². The largest absolute Gasteiger partial charge is 0.416 e. The first-order chi connectivity index (χ1) is 8.79. The quantitative estimate of drug-likeness (QED) is 0.783. The predicted octanol–water partition coefficient (Wildman–Crippen LogP) is 4.44. The van der Waals surface area contributed by atoms with Crippen LogP contribution in [0.3, 0.4) is 0 Å². The lowest BCUT2D eigenvalue weighted by Crippen LogP contribution is -2.13. The summed E-state index contributed by atoms with van der Waals surface area (Å²) in [6.45, 7) is 5.56. The van der Waals surface area contributed by atoms with Crippen LogP contribution in [0.15, 0.2) is 18.2 Å². The summed E-state index contributed by atoms with van der Waals surface area (Å²) >= 11 is 5.67. The Morgan fingerprint density at radius 1 is 1.26 bits per heavy atom. The van der Waals surface area contributed by atoms with Gasteiger partial charge >= 0.3 is 6.18 Å². The van der Waals surface area contributed by atoms with Crippen molar-refractivity contribution in [1.82, 2.24) is 0 Å². The van der Waals surface area contributed by atoms with Crippen LogP contribution in [0, 0.1) is 5.92 Å². The number of halogens is 4. The first-order valence-electron chi connectivity index (χ1n) is 5.98. The average Bonchev–Trinajstić information content (AvgIpc) is 2.26. The fraction of sp³-hybridized carbons (Fsp3) is 0.538. The second kappa shape index (κ2) is 7.01. The Bertz CT molecular complexity index is 407. The molecule has 0 saturated carbocycles. The van der Waals surface area contributed by atoms with Gasteiger partial charge in [-0.15, -0.1) is 0 Å². The number of benzene rings is 1. The Labute approximate surface area is 115 Å². The fourth-order valence-electron chi connectivity index (χ4n) is 1.44. The zero-order chi connectivity index (χ0) is 14.5. The summed E-state index contributed by atoms with van der Waals surface area (Å²) in [5, 5.41) is 2.92. The molecule has 2 nitrogen and oxygen atoms in total. The number of alkyl halides is 3. The molecule has 108 valence electrons. The maximum absolute atomic E-state index is 12.6. The maximum Gasteiger partial charge on any atom is 0.416 e. The van der Waals surface area contributed by atoms with Crippen LogP contribution in [0.25, 0.3) is 0 Å². The highest BCUT2D eigenvalue weighted by atomic mass is 35.5. The Hall–Kier alpha value is -0.940. The van der Waals surface area contributed by atoms with Crippen molar-refractivity contribution in [3.63, 3.8) is 0 Å². The first kappa shape index (κ1) is 16.1. The minimum absolute atomic E-state index is 0.0559. The van der Waals surface area contributed by atoms with E-state index >= 15 is 0 Å². The molecule has 0 aliphatic carbocycles. The Balaban J connectivity index is 2.52. The van der Waals surface area contributed by atoms with E-state index in [0.29, 0.717) is 31.4 Å². The molecule has 0 aromatic heterocycles. The van der Waals surface area contributed by atoms with Gasteiger partial charge in [0.1, 0.15) is 0 Å². The predicted molar refractivity (Wildman–Crippen MR) is 70.6 cm³/mol. The molecular formula is C13H17ClF3NO. The molecule has 0 aliphatic heterocycles. The van der Waals surface area contributed by atoms with Crippen molar-refractivity contribution >= 4 is 17.3 Å². The minimum Gasteiger partial charge on any atom is -0.383 e. The normalized spacial score (nSPS) is 11.9. The van der Waals surface area contributed by atoms with E-state index in [1.165, 1.54) is 6.07 Å². The van der Waals surface area contributed by atoms with Crippen molar-refractivity contribution in [3.05, 3.63) is 28.8 Å². The van der Waals surface area contributed by atoms with Gasteiger partial charge in [-0.2, -0.15) is 13.2 Å². The molecule has 0 aliphatic rings. The Kier molecular flexibility index (Phi) is 5.94. The van der Waals surface area contributed by atoms with Gasteiger partial charge in [0.05, 0.1) is 12.2 Å². The molecule has 0 heterocycles. The van der Waals surface area contributed by atoms with E-state index in [2.05, 4.69) is 5.32 Å². The average molecular weight is 296 g/mol. The molecule has 1 aromatic rings. The SMILES string of the molecule is CC(C)COCCNc1cc(Cl)cc(C(F)(F)F)c1. The van der Waals surface area contributed by atoms with Gasteiger partial charge in [0.2, 0.25) is 0 Å². The summed E-state index contributed by atoms with van der Waals surface area (Å²) in [5.74, 6) is 0.433. The number of hydrogen-bond donors (Lipinski definition) is 1. The van der Waals surface area contributed by atoms with E-state index in [9.17, 15) is 13.2 Å². The molecule has 19 heavy (non-hydrogen) atoms. The molecule has 0 unspecified atom stereocenters. The van der Waals surface area contributed by atoms with Gasteiger partial charge < -0.3 is 10.1 Å². The van der Waals surface area contributed by atoms with E-state index in [4.69, 9.17) is 16.3 Å². The smallest absolute Gasteiger partial charge is 0.383 e. The second-order valence-corrected chi connectivity index (χ2v) is 5.06. The molecule has 0 radical (unpaired) electrons. The van der Waals surface area contributed by atoms with Gasteiger partial charge in [0.15, 0.2) is 0 Å². The number of ether oxygens (including phenoxy) is 1. The van der Waals surface area contributed by atoms with E-state index in [0.717, 1.165) is 12.1 Å². The summed E-state index contributed by atoms with van der Waals surface area (Å²) in [6.07, 6.45) is -4.39. The number of anilines is 1. The van der Waals surface area contributed by atoms with Crippen LogP contribution in [-0.2, 0) is 10.9 Å². The topological polar surface area (TPSA) is 21.3 Å². The van der Waals surface area contributed by atoms with Crippen molar-refractivity contribution in [1.29, 1.82) is 0 Å². The lowest BCUT2D eigenvalue weighted by Gasteiger charge is -2.12. The van der Waals surface area contributed by atoms with Crippen LogP contribution in [0.1, 0.15) is 19.4 Å². The molecule has 0 saturated heterocycles. The fourth-order valence-corrected chi connectivity index (χ4v) is 1.68. The van der Waals surface area contributed by atoms with Crippen molar-refractivity contribution in [2.75, 3.05) is 25.1 Å². The van der Waals surface area contributed by atoms with Gasteiger partial charge in [-0.25, -0.2) is 0 Å². The van der Waals surface area contributed by atoms with Crippen molar-refractivity contribution in [3.8, 4) is 0 Å². The van der Waals surface area contributed by atoms with Crippen LogP contribution < -0.4 is 5.32 Å². The summed E-state index contributed by atoms with van der Waals surface area (Å²) in [4.78, 5) is 0. The second-order valence-electron chi connectivity index (χ2n) is 4.62. The third-order valence-electron chi connectivity index (χ3n) is 2.25. The van der Waals surface area contributed by atoms with Gasteiger partial charge in [-0.3, -0.25) is 0 Å². The summed E-state index contributed by atoms with van der Waals surface area (Å²) in [7, 11) is 0. The lowest BCUT2D eigenvalue weighted by atomic mass is 10.2. The monoisotopic (exact) mass is 295 g/mol. The summed E-state index contributed by atoms with van der Waals surface area (Å²) < 4.78 is 43.0. The van der Waals surface area contributed by atoms with Crippen LogP contribution in [0.5, 0.6) is 0 Å². The highest BCUT2D eigenvalue weighted by Crippen LogP contribution is 2.33. The summed E-state index contributed by atoms with van der Waals surface area (Å²) in [5.41, 5.74) is -0.418. The third-order valence-corrected chi connectivity index (χ3v) is 2.47. The lowest BCUT2D eigenvalue weighted by molar-refractivity contribution is -0.137. The van der Waals surface area contributed by atoms with Gasteiger partial charge in [0, 0.05) is 23.9 Å².